The summed E-state index contributed by atoms with van der Waals surface area (Å²) in [5.74, 6) is 0. The highest BCUT2D eigenvalue weighted by atomic mass is 28.4. The molecule has 0 fully saturated rings. The molecule has 0 aliphatic heterocycles. The van der Waals surface area contributed by atoms with Crippen molar-refractivity contribution in [3.63, 3.8) is 0 Å². The van der Waals surface area contributed by atoms with E-state index in [0.29, 0.717) is 0 Å². The van der Waals surface area contributed by atoms with Crippen LogP contribution in [0.4, 0.5) is 0 Å². The van der Waals surface area contributed by atoms with E-state index in [1.54, 1.807) is 5.70 Å². The predicted molar refractivity (Wildman–Crippen MR) is 49.4 cm³/mol. The van der Waals surface area contributed by atoms with E-state index in [1.807, 2.05) is 19.6 Å². The summed E-state index contributed by atoms with van der Waals surface area (Å²) in [6, 6.07) is 0. The van der Waals surface area contributed by atoms with E-state index in [4.69, 9.17) is 8.23 Å². The fourth-order valence-corrected chi connectivity index (χ4v) is 3.75. The van der Waals surface area contributed by atoms with Crippen molar-refractivity contribution in [3.8, 4) is 0 Å². The van der Waals surface area contributed by atoms with Crippen LogP contribution in [-0.4, -0.2) is 32.4 Å². The van der Waals surface area contributed by atoms with Crippen LogP contribution in [0, 0.1) is 0 Å². The van der Waals surface area contributed by atoms with Crippen LogP contribution in [0.2, 0.25) is 19.6 Å². The van der Waals surface area contributed by atoms with Crippen molar-refractivity contribution < 1.29 is 13.0 Å². The van der Waals surface area contributed by atoms with Crippen LogP contribution < -0.4 is 0 Å². The molecule has 0 unspecified atom stereocenters. The lowest BCUT2D eigenvalue weighted by Crippen LogP contribution is -2.32. The van der Waals surface area contributed by atoms with Crippen molar-refractivity contribution in [1.29, 1.82) is 0 Å². The Hall–Kier alpha value is 0.271. The second kappa shape index (κ2) is 5.86. The van der Waals surface area contributed by atoms with Crippen LogP contribution in [0.25, 0.3) is 0 Å². The third-order valence-corrected chi connectivity index (χ3v) is 5.72. The lowest BCUT2D eigenvalue weighted by Gasteiger charge is -2.12. The van der Waals surface area contributed by atoms with E-state index in [0.717, 1.165) is 0 Å². The van der Waals surface area contributed by atoms with Crippen molar-refractivity contribution in [1.82, 2.24) is 0 Å². The highest BCUT2D eigenvalue weighted by molar-refractivity contribution is 6.66. The first-order chi connectivity index (χ1) is 5.06. The molecule has 3 nitrogen and oxygen atoms in total. The third-order valence-electron chi connectivity index (χ3n) is 0.827. The second-order valence-corrected chi connectivity index (χ2v) is 7.80. The Kier molecular flexibility index (Phi) is 6.01. The third kappa shape index (κ3) is 6.66. The molecule has 0 rings (SSSR count). The number of hydrogen-bond donors (Lipinski definition) is 1. The van der Waals surface area contributed by atoms with Crippen molar-refractivity contribution >= 4 is 27.6 Å². The first-order valence-corrected chi connectivity index (χ1v) is 8.89. The average molecular weight is 205 g/mol. The lowest BCUT2D eigenvalue weighted by molar-refractivity contribution is 0.305. The maximum atomic E-state index is 9.18. The van der Waals surface area contributed by atoms with Crippen LogP contribution in [-0.2, 0) is 8.23 Å². The van der Waals surface area contributed by atoms with E-state index in [-0.39, 0.29) is 0 Å². The summed E-state index contributed by atoms with van der Waals surface area (Å²) in [6.45, 7) is 9.41. The molecule has 3 radical (unpaired) electrons. The standard InChI is InChI=1S/C5H13O3Si3/c1-5-10(4)8-11(6)7-9(2)3/h5-6H,1H2,2-4H3. The molecule has 0 heterocycles. The Labute approximate surface area is 73.1 Å². The summed E-state index contributed by atoms with van der Waals surface area (Å²) >= 11 is 0. The first kappa shape index (κ1) is 11.3. The van der Waals surface area contributed by atoms with E-state index in [2.05, 4.69) is 6.58 Å². The van der Waals surface area contributed by atoms with Gasteiger partial charge in [0.15, 0.2) is 9.04 Å². The summed E-state index contributed by atoms with van der Waals surface area (Å²) in [6.07, 6.45) is 0. The van der Waals surface area contributed by atoms with Gasteiger partial charge in [0, 0.05) is 0 Å². The lowest BCUT2D eigenvalue weighted by atomic mass is 11.3. The van der Waals surface area contributed by atoms with Crippen molar-refractivity contribution in [2.75, 3.05) is 0 Å². The molecular formula is C5H13O3Si3. The summed E-state index contributed by atoms with van der Waals surface area (Å²) < 4.78 is 10.3. The van der Waals surface area contributed by atoms with Crippen molar-refractivity contribution in [2.24, 2.45) is 0 Å². The minimum atomic E-state index is -1.98. The maximum absolute atomic E-state index is 9.18. The van der Waals surface area contributed by atoms with Gasteiger partial charge in [-0.1, -0.05) is 5.70 Å². The van der Waals surface area contributed by atoms with Gasteiger partial charge in [0.25, 0.3) is 0 Å². The van der Waals surface area contributed by atoms with Gasteiger partial charge in [-0.25, -0.2) is 0 Å². The summed E-state index contributed by atoms with van der Waals surface area (Å²) in [7, 11) is -3.84. The predicted octanol–water partition coefficient (Wildman–Crippen LogP) is 0.594. The Morgan fingerprint density at radius 3 is 2.18 bits per heavy atom. The minimum Gasteiger partial charge on any atom is -0.414 e. The monoisotopic (exact) mass is 205 g/mol. The molecule has 6 heteroatoms. The van der Waals surface area contributed by atoms with Gasteiger partial charge >= 0.3 is 9.53 Å². The quantitative estimate of drug-likeness (QED) is 0.668. The van der Waals surface area contributed by atoms with Crippen LogP contribution in [0.5, 0.6) is 0 Å². The summed E-state index contributed by atoms with van der Waals surface area (Å²) in [5.41, 5.74) is 1.73. The van der Waals surface area contributed by atoms with E-state index in [9.17, 15) is 4.80 Å². The van der Waals surface area contributed by atoms with Crippen LogP contribution >= 0.6 is 0 Å². The van der Waals surface area contributed by atoms with Crippen molar-refractivity contribution in [2.45, 2.75) is 19.6 Å². The van der Waals surface area contributed by atoms with Gasteiger partial charge in [0.2, 0.25) is 9.04 Å². The molecule has 0 aromatic rings. The second-order valence-electron chi connectivity index (χ2n) is 2.19. The zero-order valence-electron chi connectivity index (χ0n) is 7.05. The molecule has 63 valence electrons. The van der Waals surface area contributed by atoms with Crippen LogP contribution in [0.15, 0.2) is 12.3 Å². The molecule has 0 aliphatic carbocycles. The van der Waals surface area contributed by atoms with Gasteiger partial charge in [0.1, 0.15) is 0 Å². The first-order valence-electron chi connectivity index (χ1n) is 3.24. The maximum Gasteiger partial charge on any atom is 0.552 e. The van der Waals surface area contributed by atoms with Gasteiger partial charge in [0.05, 0.1) is 0 Å². The molecule has 11 heavy (non-hydrogen) atoms. The Balaban J connectivity index is 3.51. The van der Waals surface area contributed by atoms with Gasteiger partial charge < -0.3 is 13.0 Å². The van der Waals surface area contributed by atoms with Gasteiger partial charge in [-0.2, -0.15) is 0 Å². The molecule has 0 spiro atoms. The Morgan fingerprint density at radius 2 is 1.82 bits per heavy atom. The Bertz CT molecular complexity index is 120. The molecular weight excluding hydrogens is 192 g/mol. The molecule has 0 saturated carbocycles. The number of hydrogen-bond acceptors (Lipinski definition) is 3. The molecule has 0 aromatic carbocycles. The molecule has 0 aromatic heterocycles. The average Bonchev–Trinajstić information content (AvgIpc) is 1.85. The van der Waals surface area contributed by atoms with Gasteiger partial charge in [-0.3, -0.25) is 0 Å². The number of rotatable bonds is 5. The fourth-order valence-electron chi connectivity index (χ4n) is 0.375. The topological polar surface area (TPSA) is 38.7 Å². The molecule has 0 atom stereocenters. The molecule has 0 bridgehead atoms. The summed E-state index contributed by atoms with van der Waals surface area (Å²) in [5, 5.41) is 0. The normalized spacial score (nSPS) is 11.5. The zero-order valence-corrected chi connectivity index (χ0v) is 10.0. The van der Waals surface area contributed by atoms with Gasteiger partial charge in [-0.05, 0) is 19.6 Å². The molecule has 1 N–H and O–H groups in total. The highest BCUT2D eigenvalue weighted by Crippen LogP contribution is 1.93. The SMILES string of the molecule is C=C[Si](C)O[Si](O)O[Si](C)C. The molecule has 0 amide bonds. The van der Waals surface area contributed by atoms with Crippen LogP contribution in [0.1, 0.15) is 0 Å². The van der Waals surface area contributed by atoms with Gasteiger partial charge in [-0.15, -0.1) is 6.58 Å². The summed E-state index contributed by atoms with van der Waals surface area (Å²) in [4.78, 5) is 9.18. The molecule has 0 aliphatic rings. The fraction of sp³-hybridized carbons (Fsp3) is 0.600. The van der Waals surface area contributed by atoms with Crippen LogP contribution in [0.3, 0.4) is 0 Å². The van der Waals surface area contributed by atoms with Crippen molar-refractivity contribution in [3.05, 3.63) is 12.3 Å². The van der Waals surface area contributed by atoms with E-state index in [1.165, 1.54) is 0 Å². The largest absolute Gasteiger partial charge is 0.552 e. The van der Waals surface area contributed by atoms with E-state index >= 15 is 0 Å². The Morgan fingerprint density at radius 1 is 1.27 bits per heavy atom. The highest BCUT2D eigenvalue weighted by Gasteiger charge is 2.18. The zero-order chi connectivity index (χ0) is 8.85. The van der Waals surface area contributed by atoms with E-state index < -0.39 is 27.6 Å². The smallest absolute Gasteiger partial charge is 0.414 e. The molecule has 0 saturated heterocycles. The minimum absolute atomic E-state index is 0.835.